The smallest absolute Gasteiger partial charge is 0.243 e. The van der Waals surface area contributed by atoms with E-state index in [1.807, 2.05) is 18.2 Å². The molecule has 1 atom stereocenters. The van der Waals surface area contributed by atoms with E-state index >= 15 is 0 Å². The normalized spacial score (nSPS) is 17.0. The van der Waals surface area contributed by atoms with Gasteiger partial charge in [-0.2, -0.15) is 9.40 Å². The first-order valence-electron chi connectivity index (χ1n) is 10.6. The number of hydrogen-bond acceptors (Lipinski definition) is 5. The molecule has 4 rings (SSSR count). The van der Waals surface area contributed by atoms with E-state index in [0.717, 1.165) is 5.56 Å². The lowest BCUT2D eigenvalue weighted by Crippen LogP contribution is -2.43. The van der Waals surface area contributed by atoms with Gasteiger partial charge >= 0.3 is 0 Å². The van der Waals surface area contributed by atoms with E-state index < -0.39 is 15.9 Å². The number of rotatable bonds is 7. The molecule has 1 aliphatic rings. The maximum Gasteiger partial charge on any atom is 0.243 e. The lowest BCUT2D eigenvalue weighted by atomic mass is 9.99. The van der Waals surface area contributed by atoms with Crippen LogP contribution in [0.1, 0.15) is 18.4 Å². The van der Waals surface area contributed by atoms with E-state index in [1.54, 1.807) is 35.1 Å². The molecule has 10 heteroatoms. The van der Waals surface area contributed by atoms with Crippen LogP contribution in [0.25, 0.3) is 0 Å². The zero-order valence-electron chi connectivity index (χ0n) is 18.1. The molecule has 0 aliphatic carbocycles. The highest BCUT2D eigenvalue weighted by Gasteiger charge is 2.33. The van der Waals surface area contributed by atoms with E-state index in [2.05, 4.69) is 10.4 Å². The highest BCUT2D eigenvalue weighted by atomic mass is 35.5. The van der Waals surface area contributed by atoms with Gasteiger partial charge in [-0.05, 0) is 48.7 Å². The minimum Gasteiger partial charge on any atom is -0.497 e. The second-order valence-electron chi connectivity index (χ2n) is 7.83. The number of halogens is 1. The first kappa shape index (κ1) is 23.3. The molecule has 1 aliphatic heterocycles. The Morgan fingerprint density at radius 1 is 1.18 bits per heavy atom. The lowest BCUT2D eigenvalue weighted by molar-refractivity contribution is -0.120. The van der Waals surface area contributed by atoms with Gasteiger partial charge in [-0.1, -0.05) is 29.8 Å². The number of sulfonamides is 1. The van der Waals surface area contributed by atoms with Crippen molar-refractivity contribution in [3.8, 4) is 5.75 Å². The number of carbonyl (C=O) groups excluding carboxylic acids is 1. The number of anilines is 1. The first-order valence-corrected chi connectivity index (χ1v) is 12.4. The van der Waals surface area contributed by atoms with Crippen LogP contribution in [0, 0.1) is 5.92 Å². The number of amides is 1. The molecule has 2 aromatic carbocycles. The van der Waals surface area contributed by atoms with Crippen molar-refractivity contribution in [3.05, 3.63) is 71.4 Å². The van der Waals surface area contributed by atoms with Gasteiger partial charge in [0, 0.05) is 24.2 Å². The van der Waals surface area contributed by atoms with Gasteiger partial charge in [0.25, 0.3) is 0 Å². The predicted molar refractivity (Wildman–Crippen MR) is 126 cm³/mol. The predicted octanol–water partition coefficient (Wildman–Crippen LogP) is 3.63. The Labute approximate surface area is 198 Å². The van der Waals surface area contributed by atoms with Crippen molar-refractivity contribution in [3.63, 3.8) is 0 Å². The van der Waals surface area contributed by atoms with Crippen molar-refractivity contribution in [1.82, 2.24) is 14.1 Å². The second kappa shape index (κ2) is 9.94. The minimum absolute atomic E-state index is 0.124. The van der Waals surface area contributed by atoms with Crippen LogP contribution >= 0.6 is 11.6 Å². The molecule has 0 bridgehead atoms. The van der Waals surface area contributed by atoms with Crippen LogP contribution in [0.5, 0.6) is 5.75 Å². The molecular weight excluding hydrogens is 464 g/mol. The van der Waals surface area contributed by atoms with Crippen LogP contribution < -0.4 is 10.1 Å². The number of nitrogens with zero attached hydrogens (tertiary/aromatic N) is 3. The number of methoxy groups -OCH3 is 1. The fourth-order valence-corrected chi connectivity index (χ4v) is 5.57. The minimum atomic E-state index is -3.70. The Morgan fingerprint density at radius 2 is 1.94 bits per heavy atom. The molecule has 0 radical (unpaired) electrons. The van der Waals surface area contributed by atoms with Crippen LogP contribution in [-0.2, 0) is 21.4 Å². The van der Waals surface area contributed by atoms with Gasteiger partial charge in [0.05, 0.1) is 30.7 Å². The molecule has 1 N–H and O–H groups in total. The zero-order valence-corrected chi connectivity index (χ0v) is 19.7. The summed E-state index contributed by atoms with van der Waals surface area (Å²) in [5.41, 5.74) is 0.882. The Balaban J connectivity index is 1.44. The quantitative estimate of drug-likeness (QED) is 0.548. The molecule has 1 aromatic heterocycles. The van der Waals surface area contributed by atoms with Gasteiger partial charge in [0.1, 0.15) is 11.6 Å². The van der Waals surface area contributed by atoms with Crippen LogP contribution in [0.4, 0.5) is 5.82 Å². The van der Waals surface area contributed by atoms with Crippen molar-refractivity contribution in [2.24, 2.45) is 5.92 Å². The fourth-order valence-electron chi connectivity index (χ4n) is 3.85. The molecule has 1 unspecified atom stereocenters. The summed E-state index contributed by atoms with van der Waals surface area (Å²) in [7, 11) is -2.18. The van der Waals surface area contributed by atoms with Gasteiger partial charge in [-0.3, -0.25) is 4.79 Å². The Morgan fingerprint density at radius 3 is 2.67 bits per heavy atom. The molecule has 1 saturated heterocycles. The SMILES string of the molecule is COc1ccc(S(=O)(=O)N2CCCC(C(=O)Nc3ccnn3Cc3ccccc3Cl)C2)cc1. The molecule has 3 aromatic rings. The summed E-state index contributed by atoms with van der Waals surface area (Å²) in [6, 6.07) is 15.4. The molecule has 2 heterocycles. The summed E-state index contributed by atoms with van der Waals surface area (Å²) in [6.07, 6.45) is 2.82. The summed E-state index contributed by atoms with van der Waals surface area (Å²) < 4.78 is 34.3. The summed E-state index contributed by atoms with van der Waals surface area (Å²) in [5, 5.41) is 7.81. The van der Waals surface area contributed by atoms with Crippen LogP contribution in [0.3, 0.4) is 0 Å². The van der Waals surface area contributed by atoms with Gasteiger partial charge in [0.15, 0.2) is 0 Å². The number of benzene rings is 2. The second-order valence-corrected chi connectivity index (χ2v) is 10.2. The third-order valence-corrected chi connectivity index (χ3v) is 7.95. The maximum atomic E-state index is 13.1. The molecule has 0 saturated carbocycles. The maximum absolute atomic E-state index is 13.1. The number of hydrogen-bond donors (Lipinski definition) is 1. The third kappa shape index (κ3) is 5.21. The molecule has 1 amide bonds. The van der Waals surface area contributed by atoms with E-state index in [-0.39, 0.29) is 17.3 Å². The van der Waals surface area contributed by atoms with Crippen LogP contribution in [-0.4, -0.2) is 48.6 Å². The molecule has 1 fully saturated rings. The molecule has 0 spiro atoms. The van der Waals surface area contributed by atoms with Crippen molar-refractivity contribution in [2.45, 2.75) is 24.3 Å². The van der Waals surface area contributed by atoms with Crippen LogP contribution in [0.2, 0.25) is 5.02 Å². The summed E-state index contributed by atoms with van der Waals surface area (Å²) in [6.45, 7) is 0.909. The zero-order chi connectivity index (χ0) is 23.4. The van der Waals surface area contributed by atoms with E-state index in [4.69, 9.17) is 16.3 Å². The monoisotopic (exact) mass is 488 g/mol. The molecule has 174 valence electrons. The largest absolute Gasteiger partial charge is 0.497 e. The van der Waals surface area contributed by atoms with Gasteiger partial charge in [-0.25, -0.2) is 13.1 Å². The van der Waals surface area contributed by atoms with Crippen molar-refractivity contribution in [1.29, 1.82) is 0 Å². The highest BCUT2D eigenvalue weighted by molar-refractivity contribution is 7.89. The summed E-state index contributed by atoms with van der Waals surface area (Å²) in [4.78, 5) is 13.2. The summed E-state index contributed by atoms with van der Waals surface area (Å²) in [5.74, 6) is 0.425. The summed E-state index contributed by atoms with van der Waals surface area (Å²) >= 11 is 6.25. The first-order chi connectivity index (χ1) is 15.9. The van der Waals surface area contributed by atoms with Crippen LogP contribution in [0.15, 0.2) is 65.7 Å². The van der Waals surface area contributed by atoms with E-state index in [0.29, 0.717) is 42.5 Å². The van der Waals surface area contributed by atoms with E-state index in [1.165, 1.54) is 23.5 Å². The van der Waals surface area contributed by atoms with Crippen molar-refractivity contribution >= 4 is 33.3 Å². The van der Waals surface area contributed by atoms with Crippen molar-refractivity contribution in [2.75, 3.05) is 25.5 Å². The number of carbonyl (C=O) groups is 1. The topological polar surface area (TPSA) is 93.5 Å². The third-order valence-electron chi connectivity index (χ3n) is 5.70. The molecule has 8 nitrogen and oxygen atoms in total. The highest BCUT2D eigenvalue weighted by Crippen LogP contribution is 2.26. The number of piperidine rings is 1. The fraction of sp³-hybridized carbons (Fsp3) is 0.304. The van der Waals surface area contributed by atoms with Gasteiger partial charge < -0.3 is 10.1 Å². The van der Waals surface area contributed by atoms with E-state index in [9.17, 15) is 13.2 Å². The number of nitrogens with one attached hydrogen (secondary N) is 1. The molecular formula is C23H25ClN4O4S. The Kier molecular flexibility index (Phi) is 7.02. The number of ether oxygens (including phenoxy) is 1. The average molecular weight is 489 g/mol. The average Bonchev–Trinajstić information content (AvgIpc) is 3.27. The Hall–Kier alpha value is -2.88. The van der Waals surface area contributed by atoms with Gasteiger partial charge in [0.2, 0.25) is 15.9 Å². The van der Waals surface area contributed by atoms with Gasteiger partial charge in [-0.15, -0.1) is 0 Å². The lowest BCUT2D eigenvalue weighted by Gasteiger charge is -2.31. The van der Waals surface area contributed by atoms with Crippen molar-refractivity contribution < 1.29 is 17.9 Å². The standard InChI is InChI=1S/C23H25ClN4O4S/c1-32-19-8-10-20(11-9-19)33(30,31)27-14-4-6-18(15-27)23(29)26-22-12-13-25-28(22)16-17-5-2-3-7-21(17)24/h2-3,5,7-13,18H,4,6,14-16H2,1H3,(H,26,29). The molecule has 33 heavy (non-hydrogen) atoms. The Bertz CT molecular complexity index is 1230. The number of aromatic nitrogens is 2.